The van der Waals surface area contributed by atoms with Crippen molar-refractivity contribution in [2.24, 2.45) is 0 Å². The number of rotatable bonds is 5. The first-order chi connectivity index (χ1) is 9.56. The van der Waals surface area contributed by atoms with Gasteiger partial charge in [0.05, 0.1) is 12.2 Å². The molecule has 20 heavy (non-hydrogen) atoms. The fourth-order valence-electron chi connectivity index (χ4n) is 1.90. The Morgan fingerprint density at radius 1 is 1.05 bits per heavy atom. The summed E-state index contributed by atoms with van der Waals surface area (Å²) in [5.41, 5.74) is 3.84. The molecule has 0 aliphatic heterocycles. The number of hydrogen-bond donors (Lipinski definition) is 1. The summed E-state index contributed by atoms with van der Waals surface area (Å²) in [6.07, 6.45) is 0.757. The van der Waals surface area contributed by atoms with Crippen molar-refractivity contribution < 1.29 is 14.6 Å². The molecule has 3 nitrogen and oxygen atoms in total. The van der Waals surface area contributed by atoms with E-state index in [1.807, 2.05) is 30.3 Å². The second kappa shape index (κ2) is 6.24. The van der Waals surface area contributed by atoms with Crippen LogP contribution >= 0.6 is 0 Å². The maximum Gasteiger partial charge on any atom is 0.335 e. The Balaban J connectivity index is 1.89. The molecule has 3 heteroatoms. The van der Waals surface area contributed by atoms with Gasteiger partial charge >= 0.3 is 5.97 Å². The SMILES string of the molecule is Cc1ccc(OCCc2ccc(C(=O)O)cc2)cc1C. The van der Waals surface area contributed by atoms with Crippen LogP contribution in [0.5, 0.6) is 5.75 Å². The summed E-state index contributed by atoms with van der Waals surface area (Å²) in [5, 5.41) is 8.82. The van der Waals surface area contributed by atoms with E-state index in [0.717, 1.165) is 17.7 Å². The van der Waals surface area contributed by atoms with E-state index in [0.29, 0.717) is 12.2 Å². The van der Waals surface area contributed by atoms with Crippen LogP contribution in [0.2, 0.25) is 0 Å². The zero-order chi connectivity index (χ0) is 14.5. The van der Waals surface area contributed by atoms with Gasteiger partial charge in [0.2, 0.25) is 0 Å². The van der Waals surface area contributed by atoms with Gasteiger partial charge in [0.15, 0.2) is 0 Å². The molecule has 0 unspecified atom stereocenters. The summed E-state index contributed by atoms with van der Waals surface area (Å²) in [6, 6.07) is 12.9. The lowest BCUT2D eigenvalue weighted by molar-refractivity contribution is 0.0697. The number of carboxylic acids is 1. The van der Waals surface area contributed by atoms with E-state index in [1.165, 1.54) is 11.1 Å². The predicted molar refractivity (Wildman–Crippen MR) is 78.5 cm³/mol. The average molecular weight is 270 g/mol. The highest BCUT2D eigenvalue weighted by molar-refractivity contribution is 5.87. The van der Waals surface area contributed by atoms with Gasteiger partial charge in [-0.1, -0.05) is 18.2 Å². The second-order valence-electron chi connectivity index (χ2n) is 4.85. The van der Waals surface area contributed by atoms with Gasteiger partial charge < -0.3 is 9.84 Å². The van der Waals surface area contributed by atoms with Gasteiger partial charge in [-0.2, -0.15) is 0 Å². The zero-order valence-corrected chi connectivity index (χ0v) is 11.7. The molecular weight excluding hydrogens is 252 g/mol. The molecule has 2 rings (SSSR count). The molecule has 0 atom stereocenters. The lowest BCUT2D eigenvalue weighted by Gasteiger charge is -2.08. The van der Waals surface area contributed by atoms with E-state index in [1.54, 1.807) is 12.1 Å². The number of aromatic carboxylic acids is 1. The largest absolute Gasteiger partial charge is 0.493 e. The highest BCUT2D eigenvalue weighted by atomic mass is 16.5. The molecule has 0 amide bonds. The molecule has 0 bridgehead atoms. The zero-order valence-electron chi connectivity index (χ0n) is 11.7. The van der Waals surface area contributed by atoms with E-state index in [2.05, 4.69) is 13.8 Å². The third-order valence-corrected chi connectivity index (χ3v) is 3.34. The molecule has 0 fully saturated rings. The lowest BCUT2D eigenvalue weighted by Crippen LogP contribution is -2.02. The molecule has 0 radical (unpaired) electrons. The molecule has 0 aliphatic carbocycles. The van der Waals surface area contributed by atoms with Crippen molar-refractivity contribution in [3.05, 3.63) is 64.7 Å². The van der Waals surface area contributed by atoms with E-state index in [9.17, 15) is 4.79 Å². The van der Waals surface area contributed by atoms with Crippen molar-refractivity contribution >= 4 is 5.97 Å². The fraction of sp³-hybridized carbons (Fsp3) is 0.235. The number of hydrogen-bond acceptors (Lipinski definition) is 2. The van der Waals surface area contributed by atoms with Crippen LogP contribution in [0, 0.1) is 13.8 Å². The van der Waals surface area contributed by atoms with Crippen LogP contribution in [0.3, 0.4) is 0 Å². The summed E-state index contributed by atoms with van der Waals surface area (Å²) in [6.45, 7) is 4.71. The predicted octanol–water partition coefficient (Wildman–Crippen LogP) is 3.62. The van der Waals surface area contributed by atoms with Crippen LogP contribution in [0.15, 0.2) is 42.5 Å². The summed E-state index contributed by atoms with van der Waals surface area (Å²) in [4.78, 5) is 10.7. The van der Waals surface area contributed by atoms with Crippen molar-refractivity contribution in [1.82, 2.24) is 0 Å². The highest BCUT2D eigenvalue weighted by Gasteiger charge is 2.02. The Hall–Kier alpha value is -2.29. The molecule has 0 saturated heterocycles. The molecule has 0 aliphatic rings. The average Bonchev–Trinajstić information content (AvgIpc) is 2.43. The Morgan fingerprint density at radius 3 is 2.35 bits per heavy atom. The van der Waals surface area contributed by atoms with Gasteiger partial charge in [-0.25, -0.2) is 4.79 Å². The molecular formula is C17H18O3. The molecule has 0 heterocycles. The first-order valence-corrected chi connectivity index (χ1v) is 6.58. The Morgan fingerprint density at radius 2 is 1.75 bits per heavy atom. The van der Waals surface area contributed by atoms with Gasteiger partial charge in [0.25, 0.3) is 0 Å². The van der Waals surface area contributed by atoms with Crippen LogP contribution in [0.4, 0.5) is 0 Å². The number of benzene rings is 2. The summed E-state index contributed by atoms with van der Waals surface area (Å²) in [5.74, 6) is -0.0295. The minimum absolute atomic E-state index is 0.309. The molecule has 104 valence electrons. The number of carboxylic acid groups (broad SMARTS) is 1. The monoisotopic (exact) mass is 270 g/mol. The van der Waals surface area contributed by atoms with Gasteiger partial charge in [-0.15, -0.1) is 0 Å². The van der Waals surface area contributed by atoms with Crippen molar-refractivity contribution in [1.29, 1.82) is 0 Å². The quantitative estimate of drug-likeness (QED) is 0.902. The van der Waals surface area contributed by atoms with Crippen molar-refractivity contribution in [2.75, 3.05) is 6.61 Å². The van der Waals surface area contributed by atoms with Crippen LogP contribution in [0.1, 0.15) is 27.0 Å². The first-order valence-electron chi connectivity index (χ1n) is 6.58. The fourth-order valence-corrected chi connectivity index (χ4v) is 1.90. The maximum absolute atomic E-state index is 10.7. The Kier molecular flexibility index (Phi) is 4.41. The minimum Gasteiger partial charge on any atom is -0.493 e. The normalized spacial score (nSPS) is 10.3. The maximum atomic E-state index is 10.7. The standard InChI is InChI=1S/C17H18O3/c1-12-3-8-16(11-13(12)2)20-10-9-14-4-6-15(7-5-14)17(18)19/h3-8,11H,9-10H2,1-2H3,(H,18,19). The van der Waals surface area contributed by atoms with Gasteiger partial charge in [0, 0.05) is 6.42 Å². The topological polar surface area (TPSA) is 46.5 Å². The lowest BCUT2D eigenvalue weighted by atomic mass is 10.1. The summed E-state index contributed by atoms with van der Waals surface area (Å²) in [7, 11) is 0. The number of carbonyl (C=O) groups is 1. The summed E-state index contributed by atoms with van der Waals surface area (Å²) < 4.78 is 5.71. The Bertz CT molecular complexity index is 600. The third kappa shape index (κ3) is 3.60. The van der Waals surface area contributed by atoms with E-state index in [4.69, 9.17) is 9.84 Å². The molecule has 1 N–H and O–H groups in total. The number of ether oxygens (including phenoxy) is 1. The van der Waals surface area contributed by atoms with Crippen molar-refractivity contribution in [3.8, 4) is 5.75 Å². The van der Waals surface area contributed by atoms with Gasteiger partial charge in [0.1, 0.15) is 5.75 Å². The summed E-state index contributed by atoms with van der Waals surface area (Å²) >= 11 is 0. The van der Waals surface area contributed by atoms with Crippen LogP contribution < -0.4 is 4.74 Å². The smallest absolute Gasteiger partial charge is 0.335 e. The number of aryl methyl sites for hydroxylation is 2. The molecule has 0 aromatic heterocycles. The molecule has 2 aromatic rings. The van der Waals surface area contributed by atoms with Gasteiger partial charge in [-0.3, -0.25) is 0 Å². The molecule has 0 saturated carbocycles. The van der Waals surface area contributed by atoms with Crippen molar-refractivity contribution in [3.63, 3.8) is 0 Å². The molecule has 0 spiro atoms. The van der Waals surface area contributed by atoms with Crippen LogP contribution in [-0.4, -0.2) is 17.7 Å². The van der Waals surface area contributed by atoms with Crippen LogP contribution in [-0.2, 0) is 6.42 Å². The van der Waals surface area contributed by atoms with E-state index in [-0.39, 0.29) is 0 Å². The Labute approximate surface area is 118 Å². The van der Waals surface area contributed by atoms with E-state index >= 15 is 0 Å². The minimum atomic E-state index is -0.900. The molecule has 2 aromatic carbocycles. The highest BCUT2D eigenvalue weighted by Crippen LogP contribution is 2.16. The third-order valence-electron chi connectivity index (χ3n) is 3.34. The van der Waals surface area contributed by atoms with Crippen molar-refractivity contribution in [2.45, 2.75) is 20.3 Å². The van der Waals surface area contributed by atoms with Crippen LogP contribution in [0.25, 0.3) is 0 Å². The van der Waals surface area contributed by atoms with E-state index < -0.39 is 5.97 Å². The van der Waals surface area contributed by atoms with Gasteiger partial charge in [-0.05, 0) is 54.8 Å². The second-order valence-corrected chi connectivity index (χ2v) is 4.85. The first kappa shape index (κ1) is 14.1.